The Morgan fingerprint density at radius 1 is 1.53 bits per heavy atom. The van der Waals surface area contributed by atoms with E-state index in [2.05, 4.69) is 6.92 Å². The van der Waals surface area contributed by atoms with Crippen molar-refractivity contribution in [2.75, 3.05) is 0 Å². The highest BCUT2D eigenvalue weighted by Crippen LogP contribution is 2.48. The van der Waals surface area contributed by atoms with Gasteiger partial charge in [0.15, 0.2) is 0 Å². The molecule has 0 aromatic carbocycles. The molecule has 0 aromatic rings. The third-order valence-electron chi connectivity index (χ3n) is 4.39. The van der Waals surface area contributed by atoms with E-state index in [0.29, 0.717) is 6.42 Å². The molecule has 1 saturated carbocycles. The smallest absolute Gasteiger partial charge is 0.310 e. The van der Waals surface area contributed by atoms with Crippen molar-refractivity contribution in [1.82, 2.24) is 0 Å². The fourth-order valence-corrected chi connectivity index (χ4v) is 3.65. The molecule has 1 aliphatic carbocycles. The molecule has 0 amide bonds. The van der Waals surface area contributed by atoms with E-state index in [9.17, 15) is 9.59 Å². The van der Waals surface area contributed by atoms with Crippen LogP contribution in [-0.4, -0.2) is 23.6 Å². The van der Waals surface area contributed by atoms with Crippen LogP contribution in [0.3, 0.4) is 0 Å². The first-order valence-corrected chi connectivity index (χ1v) is 7.29. The monoisotopic (exact) mass is 268 g/mol. The fraction of sp³-hybridized carbons (Fsp3) is 0.867. The number of esters is 2. The highest BCUT2D eigenvalue weighted by Gasteiger charge is 2.56. The van der Waals surface area contributed by atoms with Crippen LogP contribution < -0.4 is 0 Å². The van der Waals surface area contributed by atoms with E-state index in [1.54, 1.807) is 0 Å². The van der Waals surface area contributed by atoms with Crippen molar-refractivity contribution in [1.29, 1.82) is 0 Å². The van der Waals surface area contributed by atoms with E-state index < -0.39 is 0 Å². The zero-order chi connectivity index (χ0) is 14.2. The van der Waals surface area contributed by atoms with Crippen molar-refractivity contribution in [3.05, 3.63) is 0 Å². The Bertz CT molecular complexity index is 378. The fourth-order valence-electron chi connectivity index (χ4n) is 3.65. The zero-order valence-corrected chi connectivity index (χ0v) is 12.3. The van der Waals surface area contributed by atoms with Crippen LogP contribution in [0.4, 0.5) is 0 Å². The van der Waals surface area contributed by atoms with Crippen LogP contribution in [0.25, 0.3) is 0 Å². The molecule has 0 N–H and O–H groups in total. The summed E-state index contributed by atoms with van der Waals surface area (Å²) in [5.41, 5.74) is -0.368. The number of fused-ring (bicyclic) bond motifs is 2. The van der Waals surface area contributed by atoms with Gasteiger partial charge in [0, 0.05) is 6.42 Å². The molecule has 1 heterocycles. The van der Waals surface area contributed by atoms with Crippen LogP contribution in [0.1, 0.15) is 53.4 Å². The van der Waals surface area contributed by atoms with Gasteiger partial charge < -0.3 is 9.47 Å². The van der Waals surface area contributed by atoms with Gasteiger partial charge in [-0.3, -0.25) is 9.59 Å². The van der Waals surface area contributed by atoms with E-state index in [4.69, 9.17) is 9.47 Å². The van der Waals surface area contributed by atoms with Crippen molar-refractivity contribution >= 4 is 11.9 Å². The van der Waals surface area contributed by atoms with Crippen LogP contribution in [0.2, 0.25) is 0 Å². The van der Waals surface area contributed by atoms with E-state index in [1.807, 2.05) is 20.8 Å². The van der Waals surface area contributed by atoms with Crippen LogP contribution in [-0.2, 0) is 19.1 Å². The maximum atomic E-state index is 12.3. The van der Waals surface area contributed by atoms with Gasteiger partial charge in [-0.25, -0.2) is 0 Å². The number of hydrogen-bond donors (Lipinski definition) is 0. The molecule has 0 unspecified atom stereocenters. The summed E-state index contributed by atoms with van der Waals surface area (Å²) < 4.78 is 10.9. The first-order valence-electron chi connectivity index (χ1n) is 7.29. The van der Waals surface area contributed by atoms with E-state index in [1.165, 1.54) is 0 Å². The van der Waals surface area contributed by atoms with Crippen LogP contribution in [0.15, 0.2) is 0 Å². The van der Waals surface area contributed by atoms with Gasteiger partial charge in [-0.15, -0.1) is 0 Å². The van der Waals surface area contributed by atoms with Crippen molar-refractivity contribution < 1.29 is 19.1 Å². The average molecular weight is 268 g/mol. The lowest BCUT2D eigenvalue weighted by molar-refractivity contribution is -0.161. The van der Waals surface area contributed by atoms with Gasteiger partial charge in [-0.05, 0) is 32.6 Å². The van der Waals surface area contributed by atoms with Crippen molar-refractivity contribution in [3.8, 4) is 0 Å². The summed E-state index contributed by atoms with van der Waals surface area (Å²) in [6.45, 7) is 7.95. The maximum Gasteiger partial charge on any atom is 0.310 e. The number of carbonyl (C=O) groups is 2. The molecule has 108 valence electrons. The van der Waals surface area contributed by atoms with Gasteiger partial charge in [0.2, 0.25) is 0 Å². The van der Waals surface area contributed by atoms with Crippen LogP contribution in [0.5, 0.6) is 0 Å². The standard InChI is InChI=1S/C15H24O4/c1-5-6-10(3)18-14(17)12-9(2)7-15(4)8-11(12)13(16)19-15/h9-12H,5-8H2,1-4H3/t9-,10+,11-,12-,15+/m1/s1. The molecule has 0 aromatic heterocycles. The second-order valence-electron chi connectivity index (χ2n) is 6.42. The van der Waals surface area contributed by atoms with Gasteiger partial charge in [-0.1, -0.05) is 20.3 Å². The highest BCUT2D eigenvalue weighted by atomic mass is 16.6. The van der Waals surface area contributed by atoms with Gasteiger partial charge in [0.05, 0.1) is 17.9 Å². The summed E-state index contributed by atoms with van der Waals surface area (Å²) in [6, 6.07) is 0. The SMILES string of the molecule is CCC[C@H](C)OC(=O)[C@@H]1[C@H](C)C[C@@]2(C)C[C@H]1C(=O)O2. The molecule has 4 nitrogen and oxygen atoms in total. The summed E-state index contributed by atoms with van der Waals surface area (Å²) in [7, 11) is 0. The van der Waals surface area contributed by atoms with Crippen LogP contribution >= 0.6 is 0 Å². The van der Waals surface area contributed by atoms with Crippen molar-refractivity contribution in [3.63, 3.8) is 0 Å². The minimum atomic E-state index is -0.368. The number of carbonyl (C=O) groups excluding carboxylic acids is 2. The second kappa shape index (κ2) is 5.14. The summed E-state index contributed by atoms with van der Waals surface area (Å²) in [5.74, 6) is -0.953. The molecule has 2 fully saturated rings. The minimum absolute atomic E-state index is 0.0737. The summed E-state index contributed by atoms with van der Waals surface area (Å²) >= 11 is 0. The summed E-state index contributed by atoms with van der Waals surface area (Å²) in [6.07, 6.45) is 3.17. The second-order valence-corrected chi connectivity index (χ2v) is 6.42. The lowest BCUT2D eigenvalue weighted by Gasteiger charge is -2.35. The van der Waals surface area contributed by atoms with E-state index in [0.717, 1.165) is 19.3 Å². The van der Waals surface area contributed by atoms with Gasteiger partial charge >= 0.3 is 11.9 Å². The van der Waals surface area contributed by atoms with Crippen molar-refractivity contribution in [2.45, 2.75) is 65.1 Å². The molecule has 5 atom stereocenters. The lowest BCUT2D eigenvalue weighted by atomic mass is 9.69. The minimum Gasteiger partial charge on any atom is -0.462 e. The largest absolute Gasteiger partial charge is 0.462 e. The van der Waals surface area contributed by atoms with Crippen molar-refractivity contribution in [2.24, 2.45) is 17.8 Å². The van der Waals surface area contributed by atoms with E-state index >= 15 is 0 Å². The van der Waals surface area contributed by atoms with Gasteiger partial charge in [0.1, 0.15) is 5.60 Å². The third kappa shape index (κ3) is 2.77. The average Bonchev–Trinajstić information content (AvgIpc) is 2.49. The quantitative estimate of drug-likeness (QED) is 0.736. The molecule has 0 radical (unpaired) electrons. The predicted molar refractivity (Wildman–Crippen MR) is 70.3 cm³/mol. The Balaban J connectivity index is 2.07. The molecule has 2 aliphatic rings. The Hall–Kier alpha value is -1.06. The summed E-state index contributed by atoms with van der Waals surface area (Å²) in [4.78, 5) is 24.2. The molecule has 1 aliphatic heterocycles. The highest BCUT2D eigenvalue weighted by molar-refractivity contribution is 5.84. The topological polar surface area (TPSA) is 52.6 Å². The van der Waals surface area contributed by atoms with Gasteiger partial charge in [-0.2, -0.15) is 0 Å². The molecule has 1 saturated heterocycles. The van der Waals surface area contributed by atoms with Gasteiger partial charge in [0.25, 0.3) is 0 Å². The third-order valence-corrected chi connectivity index (χ3v) is 4.39. The first-order chi connectivity index (χ1) is 8.86. The number of hydrogen-bond acceptors (Lipinski definition) is 4. The molecule has 2 rings (SSSR count). The molecule has 4 heteroatoms. The number of rotatable bonds is 4. The van der Waals surface area contributed by atoms with E-state index in [-0.39, 0.29) is 41.4 Å². The molecular formula is C15H24O4. The predicted octanol–water partition coefficient (Wildman–Crippen LogP) is 2.70. The molecular weight excluding hydrogens is 244 g/mol. The lowest BCUT2D eigenvalue weighted by Crippen LogP contribution is -2.41. The maximum absolute atomic E-state index is 12.3. The Kier molecular flexibility index (Phi) is 3.88. The molecule has 19 heavy (non-hydrogen) atoms. The Morgan fingerprint density at radius 3 is 2.84 bits per heavy atom. The molecule has 0 spiro atoms. The molecule has 2 bridgehead atoms. The normalized spacial score (nSPS) is 38.7. The number of ether oxygens (including phenoxy) is 2. The Morgan fingerprint density at radius 2 is 2.21 bits per heavy atom. The summed E-state index contributed by atoms with van der Waals surface area (Å²) in [5, 5.41) is 0. The van der Waals surface area contributed by atoms with Crippen LogP contribution in [0, 0.1) is 17.8 Å². The first kappa shape index (κ1) is 14.4. The Labute approximate surface area is 114 Å². The zero-order valence-electron chi connectivity index (χ0n) is 12.3.